The van der Waals surface area contributed by atoms with Crippen LogP contribution in [0.15, 0.2) is 22.0 Å². The zero-order valence-corrected chi connectivity index (χ0v) is 13.5. The van der Waals surface area contributed by atoms with Gasteiger partial charge in [-0.1, -0.05) is 0 Å². The molecule has 0 amide bonds. The Balaban J connectivity index is 2.49. The first kappa shape index (κ1) is 14.0. The van der Waals surface area contributed by atoms with Crippen molar-refractivity contribution in [1.29, 1.82) is 0 Å². The highest BCUT2D eigenvalue weighted by atomic mass is 79.9. The highest BCUT2D eigenvalue weighted by Gasteiger charge is 2.19. The summed E-state index contributed by atoms with van der Waals surface area (Å²) in [7, 11) is 0. The molecule has 0 aliphatic carbocycles. The fourth-order valence-electron chi connectivity index (χ4n) is 2.07. The maximum Gasteiger partial charge on any atom is 0.123 e. The predicted molar refractivity (Wildman–Crippen MR) is 80.3 cm³/mol. The monoisotopic (exact) mass is 346 g/mol. The van der Waals surface area contributed by atoms with Gasteiger partial charge in [-0.2, -0.15) is 0 Å². The molecule has 0 fully saturated rings. The van der Waals surface area contributed by atoms with Gasteiger partial charge in [-0.25, -0.2) is 4.39 Å². The van der Waals surface area contributed by atoms with E-state index in [-0.39, 0.29) is 11.2 Å². The molecule has 0 aliphatic rings. The van der Waals surface area contributed by atoms with E-state index in [1.165, 1.54) is 17.7 Å². The van der Waals surface area contributed by atoms with Crippen LogP contribution < -0.4 is 0 Å². The summed E-state index contributed by atoms with van der Waals surface area (Å²) in [4.78, 5) is 1.08. The van der Waals surface area contributed by atoms with E-state index in [1.54, 1.807) is 11.3 Å². The maximum absolute atomic E-state index is 13.3. The standard InChI is InChI=1S/C14H13BrClFS/c1-7-4-10(17)5-8(2)12(7)13(16)11-6-9(3)14(15)18-11/h4-6,13H,1-3H3. The molecule has 18 heavy (non-hydrogen) atoms. The normalized spacial score (nSPS) is 12.8. The van der Waals surface area contributed by atoms with Gasteiger partial charge in [0.05, 0.1) is 9.16 Å². The Hall–Kier alpha value is -0.380. The van der Waals surface area contributed by atoms with Crippen molar-refractivity contribution in [2.45, 2.75) is 26.1 Å². The van der Waals surface area contributed by atoms with Crippen molar-refractivity contribution in [3.8, 4) is 0 Å². The van der Waals surface area contributed by atoms with Crippen LogP contribution in [0.5, 0.6) is 0 Å². The van der Waals surface area contributed by atoms with Crippen LogP contribution in [-0.4, -0.2) is 0 Å². The molecule has 0 aliphatic heterocycles. The zero-order valence-electron chi connectivity index (χ0n) is 10.4. The molecule has 0 saturated carbocycles. The number of hydrogen-bond acceptors (Lipinski definition) is 1. The van der Waals surface area contributed by atoms with Crippen LogP contribution >= 0.6 is 38.9 Å². The fourth-order valence-corrected chi connectivity index (χ4v) is 4.17. The number of thiophene rings is 1. The summed E-state index contributed by atoms with van der Waals surface area (Å²) in [5.74, 6) is -0.207. The lowest BCUT2D eigenvalue weighted by Gasteiger charge is -2.14. The Bertz CT molecular complexity index is 549. The SMILES string of the molecule is Cc1cc(C(Cl)c2c(C)cc(F)cc2C)sc1Br. The van der Waals surface area contributed by atoms with Gasteiger partial charge >= 0.3 is 0 Å². The summed E-state index contributed by atoms with van der Waals surface area (Å²) < 4.78 is 14.4. The van der Waals surface area contributed by atoms with Gasteiger partial charge in [-0.3, -0.25) is 0 Å². The lowest BCUT2D eigenvalue weighted by molar-refractivity contribution is 0.624. The van der Waals surface area contributed by atoms with Gasteiger partial charge in [-0.15, -0.1) is 22.9 Å². The van der Waals surface area contributed by atoms with Gasteiger partial charge in [0.15, 0.2) is 0 Å². The Labute approximate surface area is 124 Å². The molecule has 0 saturated heterocycles. The highest BCUT2D eigenvalue weighted by Crippen LogP contribution is 2.40. The minimum absolute atomic E-state index is 0.207. The smallest absolute Gasteiger partial charge is 0.123 e. The van der Waals surface area contributed by atoms with E-state index in [0.717, 1.165) is 25.4 Å². The summed E-state index contributed by atoms with van der Waals surface area (Å²) >= 11 is 11.7. The van der Waals surface area contributed by atoms with Gasteiger partial charge in [0, 0.05) is 4.88 Å². The summed E-state index contributed by atoms with van der Waals surface area (Å²) in [5.41, 5.74) is 3.98. The van der Waals surface area contributed by atoms with Crippen LogP contribution in [0, 0.1) is 26.6 Å². The van der Waals surface area contributed by atoms with Crippen LogP contribution in [0.1, 0.15) is 32.5 Å². The first-order chi connectivity index (χ1) is 8.40. The van der Waals surface area contributed by atoms with Crippen molar-refractivity contribution >= 4 is 38.9 Å². The molecular weight excluding hydrogens is 335 g/mol. The van der Waals surface area contributed by atoms with Crippen molar-refractivity contribution in [1.82, 2.24) is 0 Å². The predicted octanol–water partition coefficient (Wildman–Crippen LogP) is 5.90. The molecule has 2 rings (SSSR count). The van der Waals surface area contributed by atoms with Crippen molar-refractivity contribution in [3.63, 3.8) is 0 Å². The number of benzene rings is 1. The molecule has 96 valence electrons. The minimum atomic E-state index is -0.222. The first-order valence-corrected chi connectivity index (χ1v) is 7.61. The van der Waals surface area contributed by atoms with E-state index < -0.39 is 0 Å². The third-order valence-corrected chi connectivity index (χ3v) is 5.72. The lowest BCUT2D eigenvalue weighted by Crippen LogP contribution is -1.99. The van der Waals surface area contributed by atoms with Gasteiger partial charge < -0.3 is 0 Å². The number of alkyl halides is 1. The molecule has 1 atom stereocenters. The third kappa shape index (κ3) is 2.63. The number of halogens is 3. The summed E-state index contributed by atoms with van der Waals surface area (Å²) in [5, 5.41) is -0.222. The average molecular weight is 348 g/mol. The molecule has 0 spiro atoms. The van der Waals surface area contributed by atoms with Crippen LogP contribution in [0.2, 0.25) is 0 Å². The van der Waals surface area contributed by atoms with E-state index in [2.05, 4.69) is 22.0 Å². The Kier molecular flexibility index (Phi) is 4.15. The molecule has 0 bridgehead atoms. The van der Waals surface area contributed by atoms with Gasteiger partial charge in [0.1, 0.15) is 5.82 Å². The van der Waals surface area contributed by atoms with Crippen LogP contribution in [0.4, 0.5) is 4.39 Å². The molecule has 0 nitrogen and oxygen atoms in total. The van der Waals surface area contributed by atoms with Gasteiger partial charge in [-0.05, 0) is 77.2 Å². The molecule has 4 heteroatoms. The van der Waals surface area contributed by atoms with Gasteiger partial charge in [0.25, 0.3) is 0 Å². The van der Waals surface area contributed by atoms with E-state index in [0.29, 0.717) is 0 Å². The molecule has 1 aromatic heterocycles. The first-order valence-electron chi connectivity index (χ1n) is 5.56. The van der Waals surface area contributed by atoms with Crippen LogP contribution in [0.3, 0.4) is 0 Å². The molecule has 0 N–H and O–H groups in total. The lowest BCUT2D eigenvalue weighted by atomic mass is 9.98. The summed E-state index contributed by atoms with van der Waals surface area (Å²) in [6.45, 7) is 5.84. The molecule has 1 unspecified atom stereocenters. The third-order valence-electron chi connectivity index (χ3n) is 2.94. The maximum atomic E-state index is 13.3. The molecular formula is C14H13BrClFS. The second-order valence-electron chi connectivity index (χ2n) is 4.42. The zero-order chi connectivity index (χ0) is 13.4. The van der Waals surface area contributed by atoms with E-state index in [4.69, 9.17) is 11.6 Å². The van der Waals surface area contributed by atoms with Crippen LogP contribution in [0.25, 0.3) is 0 Å². The average Bonchev–Trinajstić information content (AvgIpc) is 2.57. The molecule has 2 aromatic rings. The minimum Gasteiger partial charge on any atom is -0.207 e. The Morgan fingerprint density at radius 1 is 1.11 bits per heavy atom. The summed E-state index contributed by atoms with van der Waals surface area (Å²) in [6, 6.07) is 5.15. The summed E-state index contributed by atoms with van der Waals surface area (Å²) in [6.07, 6.45) is 0. The number of rotatable bonds is 2. The van der Waals surface area contributed by atoms with Crippen molar-refractivity contribution in [2.75, 3.05) is 0 Å². The largest absolute Gasteiger partial charge is 0.207 e. The topological polar surface area (TPSA) is 0 Å². The second-order valence-corrected chi connectivity index (χ2v) is 7.26. The second kappa shape index (κ2) is 5.32. The molecule has 1 heterocycles. The van der Waals surface area contributed by atoms with Crippen LogP contribution in [-0.2, 0) is 0 Å². The van der Waals surface area contributed by atoms with E-state index >= 15 is 0 Å². The quantitative estimate of drug-likeness (QED) is 0.593. The highest BCUT2D eigenvalue weighted by molar-refractivity contribution is 9.11. The van der Waals surface area contributed by atoms with Crippen molar-refractivity contribution in [3.05, 3.63) is 54.9 Å². The van der Waals surface area contributed by atoms with E-state index in [9.17, 15) is 4.39 Å². The molecule has 0 radical (unpaired) electrons. The van der Waals surface area contributed by atoms with Gasteiger partial charge in [0.2, 0.25) is 0 Å². The van der Waals surface area contributed by atoms with E-state index in [1.807, 2.05) is 20.8 Å². The Morgan fingerprint density at radius 2 is 1.67 bits per heavy atom. The Morgan fingerprint density at radius 3 is 2.11 bits per heavy atom. The fraction of sp³-hybridized carbons (Fsp3) is 0.286. The van der Waals surface area contributed by atoms with Crippen molar-refractivity contribution < 1.29 is 4.39 Å². The number of aryl methyl sites for hydroxylation is 3. The van der Waals surface area contributed by atoms with Crippen molar-refractivity contribution in [2.24, 2.45) is 0 Å². The molecule has 1 aromatic carbocycles. The number of hydrogen-bond donors (Lipinski definition) is 0.